The number of hydrogen-bond acceptors (Lipinski definition) is 4. The van der Waals surface area contributed by atoms with Crippen LogP contribution >= 0.6 is 0 Å². The first-order valence-corrected chi connectivity index (χ1v) is 7.13. The SMILES string of the molecule is Cc1ccc(-c2nc(CN3CCN(C)CC3)co2)cc1. The van der Waals surface area contributed by atoms with Crippen molar-refractivity contribution in [3.05, 3.63) is 41.8 Å². The Labute approximate surface area is 120 Å². The number of oxazole rings is 1. The number of hydrogen-bond donors (Lipinski definition) is 0. The van der Waals surface area contributed by atoms with Crippen molar-refractivity contribution < 1.29 is 4.42 Å². The lowest BCUT2D eigenvalue weighted by atomic mass is 10.1. The predicted molar refractivity (Wildman–Crippen MR) is 79.5 cm³/mol. The monoisotopic (exact) mass is 271 g/mol. The van der Waals surface area contributed by atoms with Crippen LogP contribution in [0.3, 0.4) is 0 Å². The Morgan fingerprint density at radius 2 is 1.80 bits per heavy atom. The molecule has 1 saturated heterocycles. The van der Waals surface area contributed by atoms with Crippen LogP contribution in [0.4, 0.5) is 0 Å². The molecule has 3 rings (SSSR count). The minimum atomic E-state index is 0.717. The maximum Gasteiger partial charge on any atom is 0.226 e. The first kappa shape index (κ1) is 13.3. The van der Waals surface area contributed by atoms with E-state index in [0.29, 0.717) is 5.89 Å². The number of rotatable bonds is 3. The highest BCUT2D eigenvalue weighted by molar-refractivity contribution is 5.53. The van der Waals surface area contributed by atoms with Crippen LogP contribution in [-0.2, 0) is 6.54 Å². The second kappa shape index (κ2) is 5.77. The standard InChI is InChI=1S/C16H21N3O/c1-13-3-5-14(6-4-13)16-17-15(12-20-16)11-19-9-7-18(2)8-10-19/h3-6,12H,7-11H2,1-2H3. The fourth-order valence-corrected chi connectivity index (χ4v) is 2.44. The molecule has 2 heterocycles. The van der Waals surface area contributed by atoms with Gasteiger partial charge in [-0.25, -0.2) is 4.98 Å². The molecule has 1 aromatic carbocycles. The molecule has 0 bridgehead atoms. The number of benzene rings is 1. The van der Waals surface area contributed by atoms with E-state index in [0.717, 1.165) is 44.0 Å². The zero-order valence-electron chi connectivity index (χ0n) is 12.2. The summed E-state index contributed by atoms with van der Waals surface area (Å²) >= 11 is 0. The van der Waals surface area contributed by atoms with Crippen molar-refractivity contribution in [1.82, 2.24) is 14.8 Å². The summed E-state index contributed by atoms with van der Waals surface area (Å²) in [5, 5.41) is 0. The van der Waals surface area contributed by atoms with Gasteiger partial charge in [0.25, 0.3) is 0 Å². The van der Waals surface area contributed by atoms with Gasteiger partial charge in [-0.15, -0.1) is 0 Å². The lowest BCUT2D eigenvalue weighted by molar-refractivity contribution is 0.147. The van der Waals surface area contributed by atoms with Gasteiger partial charge in [0.05, 0.1) is 5.69 Å². The van der Waals surface area contributed by atoms with Crippen LogP contribution in [0.2, 0.25) is 0 Å². The Morgan fingerprint density at radius 3 is 2.50 bits per heavy atom. The van der Waals surface area contributed by atoms with Crippen LogP contribution in [0.25, 0.3) is 11.5 Å². The molecule has 4 heteroatoms. The Hall–Kier alpha value is -1.65. The minimum Gasteiger partial charge on any atom is -0.444 e. The molecule has 0 atom stereocenters. The van der Waals surface area contributed by atoms with Gasteiger partial charge < -0.3 is 9.32 Å². The van der Waals surface area contributed by atoms with Gasteiger partial charge in [0.2, 0.25) is 5.89 Å². The molecule has 0 unspecified atom stereocenters. The Balaban J connectivity index is 1.66. The Bertz CT molecular complexity index is 553. The quantitative estimate of drug-likeness (QED) is 0.858. The molecule has 1 aliphatic heterocycles. The van der Waals surface area contributed by atoms with Crippen molar-refractivity contribution in [3.8, 4) is 11.5 Å². The van der Waals surface area contributed by atoms with Crippen LogP contribution in [-0.4, -0.2) is 48.0 Å². The first-order valence-electron chi connectivity index (χ1n) is 7.13. The summed E-state index contributed by atoms with van der Waals surface area (Å²) in [6, 6.07) is 8.28. The number of piperazine rings is 1. The fourth-order valence-electron chi connectivity index (χ4n) is 2.44. The predicted octanol–water partition coefficient (Wildman–Crippen LogP) is 2.40. The van der Waals surface area contributed by atoms with Gasteiger partial charge in [0.15, 0.2) is 0 Å². The molecule has 1 aromatic heterocycles. The van der Waals surface area contributed by atoms with E-state index in [4.69, 9.17) is 4.42 Å². The van der Waals surface area contributed by atoms with Crippen molar-refractivity contribution in [1.29, 1.82) is 0 Å². The third-order valence-electron chi connectivity index (χ3n) is 3.83. The first-order chi connectivity index (χ1) is 9.70. The summed E-state index contributed by atoms with van der Waals surface area (Å²) in [7, 11) is 2.17. The van der Waals surface area contributed by atoms with Gasteiger partial charge in [0, 0.05) is 38.3 Å². The van der Waals surface area contributed by atoms with Crippen molar-refractivity contribution in [2.75, 3.05) is 33.2 Å². The van der Waals surface area contributed by atoms with Crippen molar-refractivity contribution in [2.45, 2.75) is 13.5 Å². The van der Waals surface area contributed by atoms with Crippen molar-refractivity contribution >= 4 is 0 Å². The van der Waals surface area contributed by atoms with E-state index in [1.54, 1.807) is 6.26 Å². The van der Waals surface area contributed by atoms with Crippen molar-refractivity contribution in [2.24, 2.45) is 0 Å². The summed E-state index contributed by atoms with van der Waals surface area (Å²) in [6.45, 7) is 7.42. The zero-order valence-corrected chi connectivity index (χ0v) is 12.2. The van der Waals surface area contributed by atoms with Crippen LogP contribution in [0.5, 0.6) is 0 Å². The van der Waals surface area contributed by atoms with E-state index < -0.39 is 0 Å². The average molecular weight is 271 g/mol. The summed E-state index contributed by atoms with van der Waals surface area (Å²) < 4.78 is 5.61. The largest absolute Gasteiger partial charge is 0.444 e. The molecule has 1 fully saturated rings. The molecule has 4 nitrogen and oxygen atoms in total. The third kappa shape index (κ3) is 3.08. The zero-order chi connectivity index (χ0) is 13.9. The Kier molecular flexibility index (Phi) is 3.85. The molecule has 0 N–H and O–H groups in total. The van der Waals surface area contributed by atoms with Crippen molar-refractivity contribution in [3.63, 3.8) is 0 Å². The third-order valence-corrected chi connectivity index (χ3v) is 3.83. The maximum atomic E-state index is 5.61. The summed E-state index contributed by atoms with van der Waals surface area (Å²) in [5.74, 6) is 0.717. The maximum absolute atomic E-state index is 5.61. The lowest BCUT2D eigenvalue weighted by Crippen LogP contribution is -2.43. The summed E-state index contributed by atoms with van der Waals surface area (Å²) in [6.07, 6.45) is 1.79. The topological polar surface area (TPSA) is 32.5 Å². The van der Waals surface area contributed by atoms with E-state index in [1.807, 2.05) is 0 Å². The van der Waals surface area contributed by atoms with Gasteiger partial charge >= 0.3 is 0 Å². The molecule has 0 amide bonds. The van der Waals surface area contributed by atoms with E-state index >= 15 is 0 Å². The molecule has 0 radical (unpaired) electrons. The highest BCUT2D eigenvalue weighted by atomic mass is 16.3. The molecule has 0 spiro atoms. The molecule has 0 aliphatic carbocycles. The van der Waals surface area contributed by atoms with Gasteiger partial charge in [0.1, 0.15) is 6.26 Å². The smallest absolute Gasteiger partial charge is 0.226 e. The number of nitrogens with zero attached hydrogens (tertiary/aromatic N) is 3. The lowest BCUT2D eigenvalue weighted by Gasteiger charge is -2.31. The molecular weight excluding hydrogens is 250 g/mol. The molecule has 2 aromatic rings. The number of likely N-dealkylation sites (N-methyl/N-ethyl adjacent to an activating group) is 1. The number of aryl methyl sites for hydroxylation is 1. The molecule has 20 heavy (non-hydrogen) atoms. The minimum absolute atomic E-state index is 0.717. The van der Waals surface area contributed by atoms with E-state index in [2.05, 4.69) is 53.0 Å². The van der Waals surface area contributed by atoms with Gasteiger partial charge in [-0.1, -0.05) is 17.7 Å². The van der Waals surface area contributed by atoms with Crippen LogP contribution in [0, 0.1) is 6.92 Å². The van der Waals surface area contributed by atoms with Crippen LogP contribution in [0.1, 0.15) is 11.3 Å². The van der Waals surface area contributed by atoms with Gasteiger partial charge in [-0.05, 0) is 26.1 Å². The van der Waals surface area contributed by atoms with E-state index in [-0.39, 0.29) is 0 Å². The summed E-state index contributed by atoms with van der Waals surface area (Å²) in [5.41, 5.74) is 3.31. The second-order valence-corrected chi connectivity index (χ2v) is 5.59. The highest BCUT2D eigenvalue weighted by Crippen LogP contribution is 2.19. The van der Waals surface area contributed by atoms with Crippen LogP contribution < -0.4 is 0 Å². The molecule has 0 saturated carbocycles. The summed E-state index contributed by atoms with van der Waals surface area (Å²) in [4.78, 5) is 9.39. The number of aromatic nitrogens is 1. The molecule has 106 valence electrons. The van der Waals surface area contributed by atoms with E-state index in [1.165, 1.54) is 5.56 Å². The van der Waals surface area contributed by atoms with E-state index in [9.17, 15) is 0 Å². The molecular formula is C16H21N3O. The Morgan fingerprint density at radius 1 is 1.10 bits per heavy atom. The second-order valence-electron chi connectivity index (χ2n) is 5.59. The highest BCUT2D eigenvalue weighted by Gasteiger charge is 2.16. The average Bonchev–Trinajstić information content (AvgIpc) is 2.91. The normalized spacial score (nSPS) is 17.5. The molecule has 1 aliphatic rings. The van der Waals surface area contributed by atoms with Gasteiger partial charge in [-0.3, -0.25) is 4.90 Å². The van der Waals surface area contributed by atoms with Gasteiger partial charge in [-0.2, -0.15) is 0 Å². The fraction of sp³-hybridized carbons (Fsp3) is 0.438. The van der Waals surface area contributed by atoms with Crippen LogP contribution in [0.15, 0.2) is 34.9 Å².